The molecular formula is C11H16N4O3S. The van der Waals surface area contributed by atoms with Gasteiger partial charge in [0, 0.05) is 23.9 Å². The van der Waals surface area contributed by atoms with E-state index in [-0.39, 0.29) is 5.88 Å². The minimum absolute atomic E-state index is 0.180. The van der Waals surface area contributed by atoms with Crippen LogP contribution in [0.15, 0.2) is 24.5 Å². The summed E-state index contributed by atoms with van der Waals surface area (Å²) in [6.07, 6.45) is 3.23. The van der Waals surface area contributed by atoms with Gasteiger partial charge in [-0.05, 0) is 6.07 Å². The van der Waals surface area contributed by atoms with Crippen LogP contribution in [0.4, 0.5) is 0 Å². The molecule has 2 rings (SSSR count). The van der Waals surface area contributed by atoms with E-state index < -0.39 is 20.9 Å². The summed E-state index contributed by atoms with van der Waals surface area (Å²) in [5.41, 5.74) is -1.19. The molecule has 1 atom stereocenters. The van der Waals surface area contributed by atoms with Crippen LogP contribution < -0.4 is 9.88 Å². The first-order valence-electron chi connectivity index (χ1n) is 5.66. The number of imidazole rings is 1. The molecule has 0 bridgehead atoms. The Bertz CT molecular complexity index is 687. The Morgan fingerprint density at radius 2 is 2.05 bits per heavy atom. The van der Waals surface area contributed by atoms with E-state index in [1.54, 1.807) is 45.3 Å². The number of nitrogens with two attached hydrogens (primary N) is 1. The lowest BCUT2D eigenvalue weighted by molar-refractivity contribution is 0.147. The molecule has 1 unspecified atom stereocenters. The number of primary sulfonamides is 1. The van der Waals surface area contributed by atoms with Gasteiger partial charge in [-0.3, -0.25) is 0 Å². The monoisotopic (exact) mass is 284 g/mol. The number of sulfonamides is 1. The molecule has 104 valence electrons. The van der Waals surface area contributed by atoms with Crippen molar-refractivity contribution in [3.63, 3.8) is 0 Å². The Hall–Kier alpha value is -1.67. The summed E-state index contributed by atoms with van der Waals surface area (Å²) in [6, 6.07) is 3.25. The molecule has 0 fully saturated rings. The predicted octanol–water partition coefficient (Wildman–Crippen LogP) is 0.769. The first-order chi connectivity index (χ1) is 8.68. The number of rotatable bonds is 3. The van der Waals surface area contributed by atoms with Gasteiger partial charge in [-0.15, -0.1) is 5.10 Å². The van der Waals surface area contributed by atoms with E-state index in [0.717, 1.165) is 0 Å². The predicted molar refractivity (Wildman–Crippen MR) is 70.0 cm³/mol. The Labute approximate surface area is 111 Å². The van der Waals surface area contributed by atoms with Crippen LogP contribution in [0.25, 0.3) is 5.65 Å². The van der Waals surface area contributed by atoms with Crippen LogP contribution in [0, 0.1) is 5.41 Å². The van der Waals surface area contributed by atoms with Gasteiger partial charge in [0.05, 0.1) is 0 Å². The third-order valence-corrected chi connectivity index (χ3v) is 3.86. The molecule has 0 spiro atoms. The van der Waals surface area contributed by atoms with E-state index in [2.05, 4.69) is 10.1 Å². The summed E-state index contributed by atoms with van der Waals surface area (Å²) in [4.78, 5) is 4.04. The lowest BCUT2D eigenvalue weighted by Gasteiger charge is -2.28. The standard InChI is InChI=1S/C11H16N4O3S/c1-11(2,3)10(19(12,16)17)18-9-5-4-8-13-6-7-15(8)14-9/h4-7,10H,1-3H3,(H2,12,16,17). The van der Waals surface area contributed by atoms with Crippen molar-refractivity contribution < 1.29 is 13.2 Å². The molecule has 2 aromatic heterocycles. The Balaban J connectivity index is 2.36. The zero-order valence-corrected chi connectivity index (χ0v) is 11.8. The molecule has 0 saturated heterocycles. The second-order valence-corrected chi connectivity index (χ2v) is 6.91. The smallest absolute Gasteiger partial charge is 0.247 e. The highest BCUT2D eigenvalue weighted by Gasteiger charge is 2.36. The Kier molecular flexibility index (Phi) is 3.23. The molecule has 0 aliphatic rings. The van der Waals surface area contributed by atoms with Gasteiger partial charge in [-0.2, -0.15) is 0 Å². The van der Waals surface area contributed by atoms with E-state index in [0.29, 0.717) is 5.65 Å². The van der Waals surface area contributed by atoms with Gasteiger partial charge in [0.2, 0.25) is 21.3 Å². The number of hydrogen-bond acceptors (Lipinski definition) is 5. The van der Waals surface area contributed by atoms with E-state index >= 15 is 0 Å². The van der Waals surface area contributed by atoms with Crippen molar-refractivity contribution >= 4 is 15.7 Å². The third-order valence-electron chi connectivity index (χ3n) is 2.46. The summed E-state index contributed by atoms with van der Waals surface area (Å²) in [7, 11) is -3.85. The van der Waals surface area contributed by atoms with Crippen LogP contribution in [0.2, 0.25) is 0 Å². The molecule has 7 nitrogen and oxygen atoms in total. The molecule has 19 heavy (non-hydrogen) atoms. The van der Waals surface area contributed by atoms with Crippen molar-refractivity contribution in [2.75, 3.05) is 0 Å². The molecule has 0 aromatic carbocycles. The van der Waals surface area contributed by atoms with Gasteiger partial charge in [0.15, 0.2) is 5.65 Å². The summed E-state index contributed by atoms with van der Waals surface area (Å²) >= 11 is 0. The van der Waals surface area contributed by atoms with Gasteiger partial charge in [-0.1, -0.05) is 20.8 Å². The first-order valence-corrected chi connectivity index (χ1v) is 7.27. The fraction of sp³-hybridized carbons (Fsp3) is 0.455. The second kappa shape index (κ2) is 4.46. The fourth-order valence-electron chi connectivity index (χ4n) is 1.71. The topological polar surface area (TPSA) is 99.6 Å². The van der Waals surface area contributed by atoms with Crippen molar-refractivity contribution in [3.05, 3.63) is 24.5 Å². The molecule has 8 heteroatoms. The number of fused-ring (bicyclic) bond motifs is 1. The van der Waals surface area contributed by atoms with Crippen molar-refractivity contribution in [2.24, 2.45) is 10.6 Å². The minimum atomic E-state index is -3.85. The fourth-order valence-corrected chi connectivity index (χ4v) is 2.93. The molecule has 0 aliphatic carbocycles. The molecular weight excluding hydrogens is 268 g/mol. The highest BCUT2D eigenvalue weighted by atomic mass is 32.2. The van der Waals surface area contributed by atoms with E-state index in [9.17, 15) is 8.42 Å². The summed E-state index contributed by atoms with van der Waals surface area (Å²) in [6.45, 7) is 5.20. The third kappa shape index (κ3) is 3.02. The molecule has 2 N–H and O–H groups in total. The maximum atomic E-state index is 11.6. The normalized spacial score (nSPS) is 14.5. The number of aromatic nitrogens is 3. The average Bonchev–Trinajstić information content (AvgIpc) is 2.69. The largest absolute Gasteiger partial charge is 0.455 e. The highest BCUT2D eigenvalue weighted by Crippen LogP contribution is 2.26. The quantitative estimate of drug-likeness (QED) is 0.897. The molecule has 0 saturated carbocycles. The zero-order chi connectivity index (χ0) is 14.3. The summed E-state index contributed by atoms with van der Waals surface area (Å²) in [5.74, 6) is 0.180. The van der Waals surface area contributed by atoms with Gasteiger partial charge in [-0.25, -0.2) is 23.1 Å². The van der Waals surface area contributed by atoms with Crippen LogP contribution >= 0.6 is 0 Å². The van der Waals surface area contributed by atoms with E-state index in [4.69, 9.17) is 9.88 Å². The average molecular weight is 284 g/mol. The van der Waals surface area contributed by atoms with Crippen LogP contribution in [-0.2, 0) is 10.0 Å². The summed E-state index contributed by atoms with van der Waals surface area (Å²) < 4.78 is 30.2. The molecule has 2 heterocycles. The Morgan fingerprint density at radius 1 is 1.37 bits per heavy atom. The molecule has 2 aromatic rings. The number of nitrogens with zero attached hydrogens (tertiary/aromatic N) is 3. The van der Waals surface area contributed by atoms with Crippen molar-refractivity contribution in [2.45, 2.75) is 26.2 Å². The molecule has 0 amide bonds. The van der Waals surface area contributed by atoms with Gasteiger partial charge >= 0.3 is 0 Å². The highest BCUT2D eigenvalue weighted by molar-refractivity contribution is 7.89. The van der Waals surface area contributed by atoms with Crippen LogP contribution in [0.3, 0.4) is 0 Å². The van der Waals surface area contributed by atoms with Crippen LogP contribution in [0.5, 0.6) is 5.88 Å². The van der Waals surface area contributed by atoms with Crippen molar-refractivity contribution in [1.29, 1.82) is 0 Å². The maximum absolute atomic E-state index is 11.6. The second-order valence-electron chi connectivity index (χ2n) is 5.31. The number of ether oxygens (including phenoxy) is 1. The lowest BCUT2D eigenvalue weighted by Crippen LogP contribution is -2.43. The lowest BCUT2D eigenvalue weighted by atomic mass is 9.98. The molecule has 0 radical (unpaired) electrons. The SMILES string of the molecule is CC(C)(C)C(Oc1ccc2nccn2n1)S(N)(=O)=O. The zero-order valence-electron chi connectivity index (χ0n) is 10.9. The van der Waals surface area contributed by atoms with Crippen molar-refractivity contribution in [1.82, 2.24) is 14.6 Å². The minimum Gasteiger partial charge on any atom is -0.455 e. The van der Waals surface area contributed by atoms with E-state index in [1.165, 1.54) is 4.52 Å². The number of hydrogen-bond donors (Lipinski definition) is 1. The van der Waals surface area contributed by atoms with Crippen LogP contribution in [-0.4, -0.2) is 28.5 Å². The van der Waals surface area contributed by atoms with E-state index in [1.807, 2.05) is 0 Å². The van der Waals surface area contributed by atoms with Crippen LogP contribution in [0.1, 0.15) is 20.8 Å². The first kappa shape index (κ1) is 13.8. The van der Waals surface area contributed by atoms with Gasteiger partial charge in [0.25, 0.3) is 0 Å². The van der Waals surface area contributed by atoms with Gasteiger partial charge < -0.3 is 4.74 Å². The van der Waals surface area contributed by atoms with Crippen molar-refractivity contribution in [3.8, 4) is 5.88 Å². The molecule has 0 aliphatic heterocycles. The summed E-state index contributed by atoms with van der Waals surface area (Å²) in [5, 5.41) is 9.32. The maximum Gasteiger partial charge on any atom is 0.247 e. The Morgan fingerprint density at radius 3 is 2.63 bits per heavy atom. The van der Waals surface area contributed by atoms with Gasteiger partial charge in [0.1, 0.15) is 0 Å².